The number of rotatable bonds is 11. The summed E-state index contributed by atoms with van der Waals surface area (Å²) < 4.78 is 30.3. The maximum Gasteiger partial charge on any atom is 0.338 e. The Morgan fingerprint density at radius 1 is 1.00 bits per heavy atom. The molecule has 236 valence electrons. The number of ether oxygens (including phenoxy) is 5. The highest BCUT2D eigenvalue weighted by Crippen LogP contribution is 2.37. The van der Waals surface area contributed by atoms with Crippen LogP contribution in [0.15, 0.2) is 81.7 Å². The monoisotopic (exact) mass is 639 g/mol. The molecule has 46 heavy (non-hydrogen) atoms. The number of nitrogens with zero attached hydrogens (tertiary/aromatic N) is 3. The fourth-order valence-corrected chi connectivity index (χ4v) is 6.24. The summed E-state index contributed by atoms with van der Waals surface area (Å²) in [6.45, 7) is 6.09. The quantitative estimate of drug-likeness (QED) is 0.217. The molecule has 2 heterocycles. The van der Waals surface area contributed by atoms with Gasteiger partial charge in [-0.15, -0.1) is 0 Å². The minimum atomic E-state index is -0.843. The molecule has 1 aliphatic heterocycles. The van der Waals surface area contributed by atoms with Gasteiger partial charge in [0.25, 0.3) is 5.56 Å². The van der Waals surface area contributed by atoms with Gasteiger partial charge in [-0.1, -0.05) is 35.6 Å². The minimum absolute atomic E-state index is 0.166. The predicted molar refractivity (Wildman–Crippen MR) is 173 cm³/mol. The highest BCUT2D eigenvalue weighted by molar-refractivity contribution is 7.07. The standard InChI is InChI=1S/C35H33N3O7S/c1-6-43-29-16-22(12-15-27(29)45-20-24-11-9-8-10-23(24)19-36)17-30-33(39)38-32(26-14-13-25(41-4)18-28(26)42-5)31(34(40)44-7-2)21(3)37-35(38)46-30/h8-18,32H,6-7,20H2,1-5H3. The average molecular weight is 640 g/mol. The van der Waals surface area contributed by atoms with Crippen LogP contribution in [0.1, 0.15) is 49.1 Å². The van der Waals surface area contributed by atoms with Gasteiger partial charge in [0.2, 0.25) is 0 Å². The van der Waals surface area contributed by atoms with E-state index in [1.807, 2.05) is 25.1 Å². The van der Waals surface area contributed by atoms with Gasteiger partial charge in [0, 0.05) is 17.2 Å². The highest BCUT2D eigenvalue weighted by Gasteiger charge is 2.35. The van der Waals surface area contributed by atoms with E-state index in [1.165, 1.54) is 23.0 Å². The van der Waals surface area contributed by atoms with Crippen LogP contribution in [0.5, 0.6) is 23.0 Å². The summed E-state index contributed by atoms with van der Waals surface area (Å²) in [5, 5.41) is 9.42. The number of aromatic nitrogens is 1. The van der Waals surface area contributed by atoms with Crippen molar-refractivity contribution in [2.75, 3.05) is 27.4 Å². The van der Waals surface area contributed by atoms with E-state index in [2.05, 4.69) is 11.1 Å². The molecule has 0 aliphatic carbocycles. The molecule has 0 saturated carbocycles. The normalized spacial score (nSPS) is 14.2. The lowest BCUT2D eigenvalue weighted by molar-refractivity contribution is -0.139. The highest BCUT2D eigenvalue weighted by atomic mass is 32.1. The average Bonchev–Trinajstić information content (AvgIpc) is 3.37. The summed E-state index contributed by atoms with van der Waals surface area (Å²) in [5.74, 6) is 1.47. The maximum atomic E-state index is 14.1. The number of fused-ring (bicyclic) bond motifs is 1. The summed E-state index contributed by atoms with van der Waals surface area (Å²) in [6, 6.07) is 19.2. The van der Waals surface area contributed by atoms with Gasteiger partial charge in [-0.3, -0.25) is 9.36 Å². The van der Waals surface area contributed by atoms with Gasteiger partial charge >= 0.3 is 5.97 Å². The third-order valence-electron chi connectivity index (χ3n) is 7.34. The van der Waals surface area contributed by atoms with Crippen molar-refractivity contribution in [1.82, 2.24) is 4.57 Å². The molecule has 0 spiro atoms. The van der Waals surface area contributed by atoms with Crippen LogP contribution < -0.4 is 33.8 Å². The fraction of sp³-hybridized carbons (Fsp3) is 0.257. The first-order valence-corrected chi connectivity index (χ1v) is 15.4. The van der Waals surface area contributed by atoms with Gasteiger partial charge in [0.15, 0.2) is 16.3 Å². The lowest BCUT2D eigenvalue weighted by atomic mass is 9.95. The zero-order valence-corrected chi connectivity index (χ0v) is 27.0. The van der Waals surface area contributed by atoms with Crippen LogP contribution in [0.4, 0.5) is 0 Å². The number of hydrogen-bond donors (Lipinski definition) is 0. The summed E-state index contributed by atoms with van der Waals surface area (Å²) in [6.07, 6.45) is 1.76. The summed E-state index contributed by atoms with van der Waals surface area (Å²) in [7, 11) is 3.07. The summed E-state index contributed by atoms with van der Waals surface area (Å²) in [5.41, 5.74) is 2.98. The summed E-state index contributed by atoms with van der Waals surface area (Å²) >= 11 is 1.22. The molecule has 4 aromatic rings. The van der Waals surface area contributed by atoms with E-state index < -0.39 is 12.0 Å². The van der Waals surface area contributed by atoms with Gasteiger partial charge in [0.05, 0.1) is 54.9 Å². The SMILES string of the molecule is CCOC(=O)C1=C(C)N=c2sc(=Cc3ccc(OCc4ccccc4C#N)c(OCC)c3)c(=O)n2C1c1ccc(OC)cc1OC. The van der Waals surface area contributed by atoms with E-state index in [4.69, 9.17) is 23.7 Å². The van der Waals surface area contributed by atoms with Gasteiger partial charge in [-0.2, -0.15) is 5.26 Å². The zero-order valence-electron chi connectivity index (χ0n) is 26.2. The largest absolute Gasteiger partial charge is 0.497 e. The van der Waals surface area contributed by atoms with Crippen molar-refractivity contribution in [3.63, 3.8) is 0 Å². The Kier molecular flexibility index (Phi) is 9.88. The van der Waals surface area contributed by atoms with Crippen molar-refractivity contribution < 1.29 is 28.5 Å². The van der Waals surface area contributed by atoms with E-state index in [0.29, 0.717) is 61.3 Å². The second-order valence-corrected chi connectivity index (χ2v) is 11.1. The molecule has 1 unspecified atom stereocenters. The molecule has 1 aromatic heterocycles. The number of esters is 1. The third-order valence-corrected chi connectivity index (χ3v) is 8.32. The van der Waals surface area contributed by atoms with Crippen LogP contribution >= 0.6 is 11.3 Å². The molecule has 11 heteroatoms. The van der Waals surface area contributed by atoms with Crippen LogP contribution in [0.25, 0.3) is 6.08 Å². The first kappa shape index (κ1) is 32.1. The second kappa shape index (κ2) is 14.2. The van der Waals surface area contributed by atoms with Crippen LogP contribution in [0.3, 0.4) is 0 Å². The Balaban J connectivity index is 1.59. The molecule has 0 saturated heterocycles. The predicted octanol–water partition coefficient (Wildman–Crippen LogP) is 4.66. The number of hydrogen-bond acceptors (Lipinski definition) is 10. The number of methoxy groups -OCH3 is 2. The van der Waals surface area contributed by atoms with Crippen molar-refractivity contribution >= 4 is 23.4 Å². The summed E-state index contributed by atoms with van der Waals surface area (Å²) in [4.78, 5) is 32.5. The number of thiazole rings is 1. The lowest BCUT2D eigenvalue weighted by Crippen LogP contribution is -2.40. The van der Waals surface area contributed by atoms with Gasteiger partial charge < -0.3 is 23.7 Å². The number of carbonyl (C=O) groups excluding carboxylic acids is 1. The topological polar surface area (TPSA) is 121 Å². The Morgan fingerprint density at radius 3 is 2.52 bits per heavy atom. The Bertz CT molecular complexity index is 2040. The van der Waals surface area contributed by atoms with Gasteiger partial charge in [0.1, 0.15) is 24.1 Å². The molecule has 3 aromatic carbocycles. The van der Waals surface area contributed by atoms with Crippen LogP contribution in [0.2, 0.25) is 0 Å². The Morgan fingerprint density at radius 2 is 1.80 bits per heavy atom. The molecule has 0 fully saturated rings. The van der Waals surface area contributed by atoms with Crippen molar-refractivity contribution in [2.45, 2.75) is 33.4 Å². The number of nitriles is 1. The van der Waals surface area contributed by atoms with Gasteiger partial charge in [-0.05, 0) is 62.7 Å². The fourth-order valence-electron chi connectivity index (χ4n) is 5.19. The first-order chi connectivity index (χ1) is 22.3. The smallest absolute Gasteiger partial charge is 0.338 e. The van der Waals surface area contributed by atoms with E-state index in [1.54, 1.807) is 69.5 Å². The first-order valence-electron chi connectivity index (χ1n) is 14.6. The third kappa shape index (κ3) is 6.39. The zero-order chi connectivity index (χ0) is 32.8. The molecule has 0 radical (unpaired) electrons. The van der Waals surface area contributed by atoms with E-state index >= 15 is 0 Å². The van der Waals surface area contributed by atoms with E-state index in [9.17, 15) is 14.9 Å². The van der Waals surface area contributed by atoms with Crippen molar-refractivity contribution in [2.24, 2.45) is 4.99 Å². The molecule has 1 aliphatic rings. The number of benzene rings is 3. The van der Waals surface area contributed by atoms with E-state index in [-0.39, 0.29) is 24.3 Å². The Labute approximate surface area is 270 Å². The molecule has 0 N–H and O–H groups in total. The van der Waals surface area contributed by atoms with Crippen LogP contribution in [-0.4, -0.2) is 38.0 Å². The molecule has 5 rings (SSSR count). The van der Waals surface area contributed by atoms with E-state index in [0.717, 1.165) is 5.56 Å². The molecular formula is C35H33N3O7S. The molecule has 1 atom stereocenters. The molecule has 0 amide bonds. The van der Waals surface area contributed by atoms with Crippen LogP contribution in [0, 0.1) is 11.3 Å². The number of carbonyl (C=O) groups is 1. The lowest BCUT2D eigenvalue weighted by Gasteiger charge is -2.26. The maximum absolute atomic E-state index is 14.1. The Hall–Kier alpha value is -5.34. The van der Waals surface area contributed by atoms with Crippen LogP contribution in [-0.2, 0) is 16.1 Å². The van der Waals surface area contributed by atoms with Crippen molar-refractivity contribution in [1.29, 1.82) is 5.26 Å². The number of allylic oxidation sites excluding steroid dienone is 1. The second-order valence-electron chi connectivity index (χ2n) is 10.1. The molecule has 10 nitrogen and oxygen atoms in total. The van der Waals surface area contributed by atoms with Crippen molar-refractivity contribution in [3.05, 3.63) is 114 Å². The molecular weight excluding hydrogens is 606 g/mol. The minimum Gasteiger partial charge on any atom is -0.497 e. The molecule has 0 bridgehead atoms. The van der Waals surface area contributed by atoms with Crippen molar-refractivity contribution in [3.8, 4) is 29.1 Å². The van der Waals surface area contributed by atoms with Gasteiger partial charge in [-0.25, -0.2) is 9.79 Å².